The molecule has 2 aromatic rings. The van der Waals surface area contributed by atoms with Gasteiger partial charge in [-0.05, 0) is 51.0 Å². The van der Waals surface area contributed by atoms with E-state index < -0.39 is 0 Å². The Hall–Kier alpha value is -2.37. The number of aromatic nitrogens is 2. The van der Waals surface area contributed by atoms with Gasteiger partial charge >= 0.3 is 0 Å². The highest BCUT2D eigenvalue weighted by Crippen LogP contribution is 2.04. The van der Waals surface area contributed by atoms with Gasteiger partial charge in [0, 0.05) is 25.3 Å². The summed E-state index contributed by atoms with van der Waals surface area (Å²) in [5.41, 5.74) is 3.22. The van der Waals surface area contributed by atoms with Crippen molar-refractivity contribution in [2.45, 2.75) is 40.3 Å². The van der Waals surface area contributed by atoms with E-state index in [9.17, 15) is 4.39 Å². The van der Waals surface area contributed by atoms with Gasteiger partial charge in [0.1, 0.15) is 5.82 Å². The lowest BCUT2D eigenvalue weighted by Gasteiger charge is -2.11. The topological polar surface area (TPSA) is 54.2 Å². The second-order valence-corrected chi connectivity index (χ2v) is 5.75. The molecule has 6 heteroatoms. The fraction of sp³-hybridized carbons (Fsp3) is 0.444. The van der Waals surface area contributed by atoms with Crippen LogP contribution in [-0.4, -0.2) is 28.8 Å². The van der Waals surface area contributed by atoms with Gasteiger partial charge < -0.3 is 10.6 Å². The molecule has 0 fully saturated rings. The van der Waals surface area contributed by atoms with E-state index in [1.807, 2.05) is 18.5 Å². The Bertz CT molecular complexity index is 661. The zero-order valence-electron chi connectivity index (χ0n) is 14.6. The molecule has 0 spiro atoms. The van der Waals surface area contributed by atoms with Crippen molar-refractivity contribution in [3.63, 3.8) is 0 Å². The molecule has 130 valence electrons. The van der Waals surface area contributed by atoms with E-state index in [-0.39, 0.29) is 5.82 Å². The van der Waals surface area contributed by atoms with Gasteiger partial charge in [-0.25, -0.2) is 9.38 Å². The highest BCUT2D eigenvalue weighted by Gasteiger charge is 2.01. The molecule has 1 aromatic carbocycles. The molecule has 0 aliphatic rings. The third kappa shape index (κ3) is 5.68. The molecule has 0 unspecified atom stereocenters. The van der Waals surface area contributed by atoms with Crippen LogP contribution in [0.25, 0.3) is 0 Å². The number of aliphatic imine (C=N–C) groups is 1. The number of aryl methyl sites for hydroxylation is 3. The molecule has 2 N–H and O–H groups in total. The van der Waals surface area contributed by atoms with E-state index in [2.05, 4.69) is 33.7 Å². The highest BCUT2D eigenvalue weighted by molar-refractivity contribution is 5.79. The SMILES string of the molecule is CCNC(=NCc1ccc(F)cc1)NCCCn1nc(C)cc1C. The number of hydrogen-bond donors (Lipinski definition) is 2. The molecule has 24 heavy (non-hydrogen) atoms. The quantitative estimate of drug-likeness (QED) is 0.466. The van der Waals surface area contributed by atoms with Crippen LogP contribution < -0.4 is 10.6 Å². The average Bonchev–Trinajstić information content (AvgIpc) is 2.88. The lowest BCUT2D eigenvalue weighted by atomic mass is 10.2. The first-order valence-electron chi connectivity index (χ1n) is 8.36. The molecule has 0 radical (unpaired) electrons. The van der Waals surface area contributed by atoms with Gasteiger partial charge in [-0.1, -0.05) is 12.1 Å². The minimum atomic E-state index is -0.225. The summed E-state index contributed by atoms with van der Waals surface area (Å²) < 4.78 is 14.9. The van der Waals surface area contributed by atoms with Crippen LogP contribution in [0.15, 0.2) is 35.3 Å². The van der Waals surface area contributed by atoms with Crippen molar-refractivity contribution in [2.75, 3.05) is 13.1 Å². The molecule has 0 bridgehead atoms. The smallest absolute Gasteiger partial charge is 0.191 e. The van der Waals surface area contributed by atoms with Gasteiger partial charge in [-0.2, -0.15) is 5.10 Å². The zero-order valence-corrected chi connectivity index (χ0v) is 14.6. The Balaban J connectivity index is 1.80. The van der Waals surface area contributed by atoms with Crippen molar-refractivity contribution < 1.29 is 4.39 Å². The number of halogens is 1. The Morgan fingerprint density at radius 2 is 1.96 bits per heavy atom. The number of nitrogens with zero attached hydrogens (tertiary/aromatic N) is 3. The monoisotopic (exact) mass is 331 g/mol. The maximum atomic E-state index is 12.9. The molecule has 0 atom stereocenters. The molecule has 1 aromatic heterocycles. The Labute approximate surface area is 143 Å². The van der Waals surface area contributed by atoms with Crippen LogP contribution in [0.1, 0.15) is 30.3 Å². The molecule has 0 saturated carbocycles. The largest absolute Gasteiger partial charge is 0.357 e. The minimum absolute atomic E-state index is 0.225. The first kappa shape index (κ1) is 18.0. The van der Waals surface area contributed by atoms with Crippen LogP contribution in [-0.2, 0) is 13.1 Å². The summed E-state index contributed by atoms with van der Waals surface area (Å²) in [6.07, 6.45) is 0.961. The third-order valence-corrected chi connectivity index (χ3v) is 3.62. The first-order valence-corrected chi connectivity index (χ1v) is 8.36. The van der Waals surface area contributed by atoms with E-state index in [0.717, 1.165) is 43.3 Å². The normalized spacial score (nSPS) is 11.6. The molecule has 1 heterocycles. The fourth-order valence-corrected chi connectivity index (χ4v) is 2.44. The van der Waals surface area contributed by atoms with Gasteiger partial charge in [0.2, 0.25) is 0 Å². The Kier molecular flexibility index (Phi) is 6.78. The molecule has 0 amide bonds. The zero-order chi connectivity index (χ0) is 17.4. The molecule has 5 nitrogen and oxygen atoms in total. The van der Waals surface area contributed by atoms with Gasteiger partial charge in [0.05, 0.1) is 12.2 Å². The summed E-state index contributed by atoms with van der Waals surface area (Å²) in [5.74, 6) is 0.548. The Morgan fingerprint density at radius 3 is 2.58 bits per heavy atom. The van der Waals surface area contributed by atoms with Crippen LogP contribution in [0.3, 0.4) is 0 Å². The van der Waals surface area contributed by atoms with Crippen molar-refractivity contribution in [1.82, 2.24) is 20.4 Å². The summed E-state index contributed by atoms with van der Waals surface area (Å²) in [5, 5.41) is 11.0. The van der Waals surface area contributed by atoms with Crippen LogP contribution in [0, 0.1) is 19.7 Å². The highest BCUT2D eigenvalue weighted by atomic mass is 19.1. The fourth-order valence-electron chi connectivity index (χ4n) is 2.44. The molecule has 0 aliphatic carbocycles. The maximum Gasteiger partial charge on any atom is 0.191 e. The Morgan fingerprint density at radius 1 is 1.21 bits per heavy atom. The van der Waals surface area contributed by atoms with Crippen molar-refractivity contribution in [3.05, 3.63) is 53.1 Å². The predicted molar refractivity (Wildman–Crippen MR) is 95.5 cm³/mol. The standard InChI is InChI=1S/C18H26FN5/c1-4-20-18(22-13-16-6-8-17(19)9-7-16)21-10-5-11-24-15(3)12-14(2)23-24/h6-9,12H,4-5,10-11,13H2,1-3H3,(H2,20,21,22). The summed E-state index contributed by atoms with van der Waals surface area (Å²) in [6, 6.07) is 8.51. The summed E-state index contributed by atoms with van der Waals surface area (Å²) in [6.45, 7) is 9.12. The summed E-state index contributed by atoms with van der Waals surface area (Å²) in [4.78, 5) is 4.53. The van der Waals surface area contributed by atoms with Gasteiger partial charge in [-0.3, -0.25) is 4.68 Å². The number of nitrogens with one attached hydrogen (secondary N) is 2. The van der Waals surface area contributed by atoms with E-state index in [0.29, 0.717) is 6.54 Å². The first-order chi connectivity index (χ1) is 11.6. The number of benzene rings is 1. The second-order valence-electron chi connectivity index (χ2n) is 5.75. The lowest BCUT2D eigenvalue weighted by molar-refractivity contribution is 0.555. The van der Waals surface area contributed by atoms with Crippen molar-refractivity contribution in [2.24, 2.45) is 4.99 Å². The van der Waals surface area contributed by atoms with E-state index >= 15 is 0 Å². The van der Waals surface area contributed by atoms with Crippen LogP contribution in [0.4, 0.5) is 4.39 Å². The van der Waals surface area contributed by atoms with Gasteiger partial charge in [0.25, 0.3) is 0 Å². The average molecular weight is 331 g/mol. The van der Waals surface area contributed by atoms with Crippen molar-refractivity contribution in [3.8, 4) is 0 Å². The minimum Gasteiger partial charge on any atom is -0.357 e. The molecular weight excluding hydrogens is 305 g/mol. The molecular formula is C18H26FN5. The second kappa shape index (κ2) is 9.05. The van der Waals surface area contributed by atoms with Crippen molar-refractivity contribution >= 4 is 5.96 Å². The van der Waals surface area contributed by atoms with E-state index in [1.165, 1.54) is 17.8 Å². The van der Waals surface area contributed by atoms with E-state index in [4.69, 9.17) is 0 Å². The molecule has 0 saturated heterocycles. The number of hydrogen-bond acceptors (Lipinski definition) is 2. The maximum absolute atomic E-state index is 12.9. The molecule has 0 aliphatic heterocycles. The van der Waals surface area contributed by atoms with Crippen LogP contribution >= 0.6 is 0 Å². The van der Waals surface area contributed by atoms with Crippen LogP contribution in [0.5, 0.6) is 0 Å². The van der Waals surface area contributed by atoms with Crippen LogP contribution in [0.2, 0.25) is 0 Å². The van der Waals surface area contributed by atoms with Gasteiger partial charge in [0.15, 0.2) is 5.96 Å². The number of rotatable bonds is 7. The van der Waals surface area contributed by atoms with Crippen molar-refractivity contribution in [1.29, 1.82) is 0 Å². The summed E-state index contributed by atoms with van der Waals surface area (Å²) in [7, 11) is 0. The third-order valence-electron chi connectivity index (χ3n) is 3.62. The van der Waals surface area contributed by atoms with E-state index in [1.54, 1.807) is 12.1 Å². The lowest BCUT2D eigenvalue weighted by Crippen LogP contribution is -2.38. The molecule has 2 rings (SSSR count). The summed E-state index contributed by atoms with van der Waals surface area (Å²) >= 11 is 0. The predicted octanol–water partition coefficient (Wildman–Crippen LogP) is 2.78. The number of guanidine groups is 1. The van der Waals surface area contributed by atoms with Gasteiger partial charge in [-0.15, -0.1) is 0 Å².